The van der Waals surface area contributed by atoms with Gasteiger partial charge in [-0.3, -0.25) is 9.59 Å². The summed E-state index contributed by atoms with van der Waals surface area (Å²) in [4.78, 5) is 33.8. The molecule has 196 valence electrons. The minimum Gasteiger partial charge on any atom is -0.392 e. The van der Waals surface area contributed by atoms with E-state index in [0.29, 0.717) is 0 Å². The number of nitrogens with zero attached hydrogens (tertiary/aromatic N) is 1. The topological polar surface area (TPSA) is 112 Å². The van der Waals surface area contributed by atoms with Crippen LogP contribution in [0, 0.1) is 24.1 Å². The van der Waals surface area contributed by atoms with Crippen molar-refractivity contribution in [3.8, 4) is 0 Å². The Hall–Kier alpha value is -1.61. The van der Waals surface area contributed by atoms with Gasteiger partial charge in [0.15, 0.2) is 0 Å². The van der Waals surface area contributed by atoms with Crippen LogP contribution < -0.4 is 5.32 Å². The second kappa shape index (κ2) is 10.8. The fourth-order valence-electron chi connectivity index (χ4n) is 2.17. The van der Waals surface area contributed by atoms with Gasteiger partial charge in [-0.25, -0.2) is 4.98 Å². The number of amides is 1. The second-order valence-corrected chi connectivity index (χ2v) is 7.32. The molecule has 7 nitrogen and oxygen atoms in total. The van der Waals surface area contributed by atoms with Gasteiger partial charge in [0.05, 0.1) is 60.6 Å². The third-order valence-electron chi connectivity index (χ3n) is 3.98. The van der Waals surface area contributed by atoms with Gasteiger partial charge in [0.25, 0.3) is 0 Å². The lowest BCUT2D eigenvalue weighted by Gasteiger charge is -2.34. The number of thiazole rings is 1. The molecule has 2 aliphatic rings. The van der Waals surface area contributed by atoms with Crippen LogP contribution in [0.2, 0.25) is 0 Å². The number of rotatable bonds is 4. The number of Topliss-reactive ketones (excluding diaryl/α,β-unsaturated/α-hetero) is 1. The molecule has 1 amide bonds. The number of aliphatic hydroxyl groups is 2. The zero-order valence-electron chi connectivity index (χ0n) is 57.9. The Balaban J connectivity index is 3.16. The zero-order valence-corrected chi connectivity index (χ0v) is 17.7. The Morgan fingerprint density at radius 2 is 2.37 bits per heavy atom. The molecule has 8 heteroatoms. The lowest BCUT2D eigenvalue weighted by molar-refractivity contribution is -0.143. The Morgan fingerprint density at radius 3 is 3.03 bits per heavy atom. The second-order valence-electron chi connectivity index (χ2n) is 6.52. The molecule has 0 unspecified atom stereocenters. The van der Waals surface area contributed by atoms with E-state index in [2.05, 4.69) is 15.2 Å². The summed E-state index contributed by atoms with van der Waals surface area (Å²) in [5.74, 6) is -19.6. The van der Waals surface area contributed by atoms with E-state index in [1.165, 1.54) is 0 Å². The minimum absolute atomic E-state index is 0.184. The summed E-state index contributed by atoms with van der Waals surface area (Å²) in [5.41, 5.74) is -15.4. The zero-order chi connectivity index (χ0) is 61.3. The van der Waals surface area contributed by atoms with Gasteiger partial charge in [0.2, 0.25) is 8.77 Å². The third-order valence-corrected chi connectivity index (χ3v) is 4.56. The van der Waals surface area contributed by atoms with Crippen LogP contribution >= 0.6 is 11.3 Å². The number of carbonyl (C=O) groups is 2. The lowest BCUT2D eigenvalue weighted by atomic mass is 9.72. The molecule has 1 aromatic heterocycles. The van der Waals surface area contributed by atoms with Crippen LogP contribution in [-0.2, 0) is 14.3 Å². The molecular formula is C27H42N2O5S. The summed E-state index contributed by atoms with van der Waals surface area (Å²) in [6.07, 6.45) is -45.2. The molecule has 0 bridgehead atoms. The SMILES string of the molecule is [2H]O[C@@]1([2H])C([2H])([2H])C(=O)N[C@]([2H])(/C(=C(\[2H])c2nc(C([2H])([2H])[2H])sc2[2H])C([2H])([2H])[2H])C([2H])([2H])[C@]2([2H])O[C@]2(C([2H])([2H])[2H])C([2H])([2H])C([2H])([2H])C([2H])([2H])[C@]([2H])(C([2H])([2H])[2H])[C@]([2H])(O[2H])[C@@]([2H])(C([2H])([2H])[2H])C(=O)C1(C([2H])([2H])[2H])C([2H])([2H])[2H]. The molecule has 3 N–H and O–H groups in total. The molecule has 3 rings (SSSR count). The molecule has 2 aliphatic heterocycles. The first-order chi connectivity index (χ1) is 32.8. The van der Waals surface area contributed by atoms with Gasteiger partial charge in [-0.2, -0.15) is 0 Å². The van der Waals surface area contributed by atoms with E-state index in [4.69, 9.17) is 52.8 Å². The van der Waals surface area contributed by atoms with Crippen LogP contribution in [0.5, 0.6) is 0 Å². The highest BCUT2D eigenvalue weighted by Crippen LogP contribution is 2.44. The molecular weight excluding hydrogens is 464 g/mol. The standard InChI is InChI=1S/C27H42N2O5S/c1-15-9-8-10-27(7)22(34-27)12-20(16(2)11-19-14-35-18(4)28-19)29-23(31)13-21(30)26(5,6)25(33)17(3)24(15)32/h11,14-15,17,20-22,24,30,32H,8-10,12-13H2,1-7H3,(H,29,31)/b16-11+/t15-,17+,20-,21-,22-,24-,27+/m0/s1/i1D3,2D3,3D3,4D3,5D3,6D3,7D3,8D2,9D2,10D2,11D,12D2,13D2,14D,15D,17D,20D,21D,22D,24D,30D,32D. The molecule has 7 atom stereocenters. The number of carbonyl (C=O) groups excluding carboxylic acids is 2. The van der Waals surface area contributed by atoms with Crippen LogP contribution in [0.25, 0.3) is 6.05 Å². The van der Waals surface area contributed by atoms with Crippen LogP contribution in [0.3, 0.4) is 0 Å². The average molecular weight is 548 g/mol. The van der Waals surface area contributed by atoms with Crippen molar-refractivity contribution in [1.82, 2.24) is 10.3 Å². The van der Waals surface area contributed by atoms with Crippen molar-refractivity contribution in [3.63, 3.8) is 0 Å². The highest BCUT2D eigenvalue weighted by Gasteiger charge is 2.52. The van der Waals surface area contributed by atoms with E-state index in [9.17, 15) is 13.0 Å². The van der Waals surface area contributed by atoms with Crippen LogP contribution in [-0.4, -0.2) is 59.6 Å². The largest absolute Gasteiger partial charge is 0.392 e. The van der Waals surface area contributed by atoms with Crippen molar-refractivity contribution in [2.75, 3.05) is 0 Å². The van der Waals surface area contributed by atoms with E-state index < -0.39 is 166 Å². The number of nitrogens with one attached hydrogen (secondary N) is 1. The van der Waals surface area contributed by atoms with Crippen molar-refractivity contribution in [2.24, 2.45) is 17.2 Å². The average Bonchev–Trinajstić information content (AvgIpc) is 3.71. The number of epoxide rings is 1. The maximum atomic E-state index is 15.5. The van der Waals surface area contributed by atoms with Crippen molar-refractivity contribution in [3.05, 3.63) is 21.6 Å². The fourth-order valence-corrected chi connectivity index (χ4v) is 2.60. The molecule has 35 heavy (non-hydrogen) atoms. The molecule has 0 saturated carbocycles. The first kappa shape index (κ1) is 6.00. The summed E-state index contributed by atoms with van der Waals surface area (Å²) in [6.45, 7) is -34.8. The molecule has 3 heterocycles. The van der Waals surface area contributed by atoms with Gasteiger partial charge in [-0.05, 0) is 50.8 Å². The monoisotopic (exact) mass is 548 g/mol. The first-order valence-electron chi connectivity index (χ1n) is 29.1. The van der Waals surface area contributed by atoms with E-state index >= 15 is 4.79 Å². The number of hydrogen-bond acceptors (Lipinski definition) is 7. The summed E-state index contributed by atoms with van der Waals surface area (Å²) in [6, 6.07) is -7.49. The summed E-state index contributed by atoms with van der Waals surface area (Å²) < 4.78 is 356. The Morgan fingerprint density at radius 1 is 1.46 bits per heavy atom. The van der Waals surface area contributed by atoms with Crippen LogP contribution in [0.15, 0.2) is 10.9 Å². The Bertz CT molecular complexity index is 2480. The van der Waals surface area contributed by atoms with Gasteiger partial charge in [0.1, 0.15) is 5.78 Å². The van der Waals surface area contributed by atoms with Gasteiger partial charge in [-0.1, -0.05) is 33.8 Å². The molecule has 0 radical (unpaired) electrons. The molecule has 0 spiro atoms. The molecule has 2 fully saturated rings. The van der Waals surface area contributed by atoms with Gasteiger partial charge < -0.3 is 20.3 Å². The maximum Gasteiger partial charge on any atom is 0.223 e. The number of hydrogen-bond donors (Lipinski definition) is 3. The summed E-state index contributed by atoms with van der Waals surface area (Å²) in [7, 11) is 0. The highest BCUT2D eigenvalue weighted by molar-refractivity contribution is 7.09. The molecule has 1 aromatic rings. The predicted octanol–water partition coefficient (Wildman–Crippen LogP) is 4.05. The van der Waals surface area contributed by atoms with E-state index in [-0.39, 0.29) is 11.3 Å². The molecule has 0 aromatic carbocycles. The van der Waals surface area contributed by atoms with Gasteiger partial charge >= 0.3 is 0 Å². The number of aryl methyl sites for hydroxylation is 1. The minimum atomic E-state index is -6.11. The van der Waals surface area contributed by atoms with E-state index in [0.717, 1.165) is 5.32 Å². The number of aromatic nitrogens is 1. The molecule has 2 saturated heterocycles. The Kier molecular flexibility index (Phi) is 1.85. The van der Waals surface area contributed by atoms with Crippen molar-refractivity contribution >= 4 is 29.1 Å². The van der Waals surface area contributed by atoms with Crippen molar-refractivity contribution < 1.29 is 78.0 Å². The van der Waals surface area contributed by atoms with Crippen LogP contribution in [0.1, 0.15) is 137 Å². The van der Waals surface area contributed by atoms with Crippen molar-refractivity contribution in [2.45, 2.75) is 110 Å². The van der Waals surface area contributed by atoms with Gasteiger partial charge in [0, 0.05) is 62.9 Å². The number of ketones is 1. The Labute approximate surface area is 271 Å². The van der Waals surface area contributed by atoms with E-state index in [1.54, 1.807) is 0 Å². The highest BCUT2D eigenvalue weighted by atomic mass is 32.1. The van der Waals surface area contributed by atoms with Crippen LogP contribution in [0.4, 0.5) is 0 Å². The summed E-state index contributed by atoms with van der Waals surface area (Å²) in [5, 5.41) is 6.11. The normalized spacial score (nSPS) is 77.2. The fraction of sp³-hybridized carbons (Fsp3) is 0.741. The molecule has 0 aliphatic carbocycles. The van der Waals surface area contributed by atoms with Gasteiger partial charge in [-0.15, -0.1) is 11.3 Å². The number of ether oxygens (including phenoxy) is 1. The van der Waals surface area contributed by atoms with Crippen molar-refractivity contribution in [1.29, 1.82) is 2.86 Å². The first-order valence-corrected chi connectivity index (χ1v) is 9.65. The van der Waals surface area contributed by atoms with E-state index in [1.807, 2.05) is 0 Å². The quantitative estimate of drug-likeness (QED) is 0.490. The maximum absolute atomic E-state index is 15.5. The lowest BCUT2D eigenvalue weighted by Crippen LogP contribution is -2.47. The smallest absolute Gasteiger partial charge is 0.223 e. The summed E-state index contributed by atoms with van der Waals surface area (Å²) >= 11 is -0.184. The number of fused-ring (bicyclic) bond motifs is 1. The predicted molar refractivity (Wildman–Crippen MR) is 138 cm³/mol. The third kappa shape index (κ3) is 6.59.